The van der Waals surface area contributed by atoms with E-state index in [-0.39, 0.29) is 17.9 Å². The van der Waals surface area contributed by atoms with Gasteiger partial charge < -0.3 is 16.0 Å². The van der Waals surface area contributed by atoms with Gasteiger partial charge in [0.05, 0.1) is 18.3 Å². The van der Waals surface area contributed by atoms with Crippen LogP contribution in [-0.2, 0) is 6.54 Å². The predicted octanol–water partition coefficient (Wildman–Crippen LogP) is 0.456. The highest BCUT2D eigenvalue weighted by molar-refractivity contribution is 5.98. The molecule has 0 aliphatic rings. The molecule has 2 aromatic rings. The number of hydrogen-bond donors (Lipinski definition) is 3. The summed E-state index contributed by atoms with van der Waals surface area (Å²) in [5, 5.41) is 2.55. The number of nitrogens with one attached hydrogen (secondary N) is 2. The lowest BCUT2D eigenvalue weighted by Gasteiger charge is -2.05. The molecule has 2 rings (SSSR count). The molecular formula is C10H10FN5O. The Bertz CT molecular complexity index is 525. The number of nitrogen functional groups attached to an aromatic ring is 1. The second-order valence-electron chi connectivity index (χ2n) is 3.30. The van der Waals surface area contributed by atoms with Crippen LogP contribution in [0, 0.1) is 5.82 Å². The number of nitrogens with zero attached hydrogens (tertiary/aromatic N) is 2. The van der Waals surface area contributed by atoms with E-state index < -0.39 is 11.7 Å². The topological polar surface area (TPSA) is 96.7 Å². The number of rotatable bonds is 3. The van der Waals surface area contributed by atoms with Gasteiger partial charge in [-0.2, -0.15) is 0 Å². The Hall–Kier alpha value is -2.44. The van der Waals surface area contributed by atoms with Crippen LogP contribution < -0.4 is 11.1 Å². The van der Waals surface area contributed by atoms with E-state index in [4.69, 9.17) is 5.73 Å². The van der Waals surface area contributed by atoms with Crippen molar-refractivity contribution in [1.82, 2.24) is 20.3 Å². The molecule has 0 aliphatic carbocycles. The van der Waals surface area contributed by atoms with Crippen LogP contribution in [0.25, 0.3) is 0 Å². The molecule has 0 atom stereocenters. The Morgan fingerprint density at radius 3 is 3.06 bits per heavy atom. The van der Waals surface area contributed by atoms with Gasteiger partial charge in [-0.3, -0.25) is 4.79 Å². The zero-order chi connectivity index (χ0) is 12.3. The Morgan fingerprint density at radius 1 is 1.53 bits per heavy atom. The van der Waals surface area contributed by atoms with E-state index in [1.807, 2.05) is 0 Å². The van der Waals surface area contributed by atoms with Crippen LogP contribution in [0.5, 0.6) is 0 Å². The molecule has 0 fully saturated rings. The number of carbonyl (C=O) groups is 1. The molecule has 0 aromatic carbocycles. The number of carbonyl (C=O) groups excluding carboxylic acids is 1. The fraction of sp³-hybridized carbons (Fsp3) is 0.100. The number of anilines is 1. The van der Waals surface area contributed by atoms with Gasteiger partial charge >= 0.3 is 0 Å². The summed E-state index contributed by atoms with van der Waals surface area (Å²) in [4.78, 5) is 22.0. The number of nitrogens with two attached hydrogens (primary N) is 1. The molecule has 0 spiro atoms. The van der Waals surface area contributed by atoms with Gasteiger partial charge in [0.25, 0.3) is 5.91 Å². The van der Waals surface area contributed by atoms with Crippen molar-refractivity contribution in [1.29, 1.82) is 0 Å². The molecule has 17 heavy (non-hydrogen) atoms. The summed E-state index contributed by atoms with van der Waals surface area (Å²) in [5.41, 5.74) is 5.49. The number of halogens is 1. The zero-order valence-corrected chi connectivity index (χ0v) is 8.77. The number of pyridine rings is 1. The second kappa shape index (κ2) is 4.60. The highest BCUT2D eigenvalue weighted by Gasteiger charge is 2.11. The van der Waals surface area contributed by atoms with Crippen molar-refractivity contribution in [2.45, 2.75) is 6.54 Å². The Balaban J connectivity index is 2.07. The third-order valence-electron chi connectivity index (χ3n) is 2.10. The fourth-order valence-corrected chi connectivity index (χ4v) is 1.29. The first-order valence-electron chi connectivity index (χ1n) is 4.84. The summed E-state index contributed by atoms with van der Waals surface area (Å²) < 4.78 is 12.9. The van der Waals surface area contributed by atoms with Crippen LogP contribution in [0.15, 0.2) is 24.7 Å². The number of amides is 1. The average Bonchev–Trinajstić information content (AvgIpc) is 2.82. The van der Waals surface area contributed by atoms with Crippen molar-refractivity contribution in [3.8, 4) is 0 Å². The maximum atomic E-state index is 12.9. The van der Waals surface area contributed by atoms with Gasteiger partial charge in [0.1, 0.15) is 17.5 Å². The van der Waals surface area contributed by atoms with Crippen molar-refractivity contribution in [3.63, 3.8) is 0 Å². The van der Waals surface area contributed by atoms with E-state index in [9.17, 15) is 9.18 Å². The fourth-order valence-electron chi connectivity index (χ4n) is 1.29. The van der Waals surface area contributed by atoms with Gasteiger partial charge in [-0.25, -0.2) is 14.4 Å². The lowest BCUT2D eigenvalue weighted by molar-refractivity contribution is 0.0950. The summed E-state index contributed by atoms with van der Waals surface area (Å²) in [6.45, 7) is 0.210. The summed E-state index contributed by atoms with van der Waals surface area (Å²) in [6, 6.07) is 1.04. The molecule has 0 unspecified atom stereocenters. The highest BCUT2D eigenvalue weighted by atomic mass is 19.1. The lowest BCUT2D eigenvalue weighted by atomic mass is 10.2. The van der Waals surface area contributed by atoms with Gasteiger partial charge in [-0.1, -0.05) is 0 Å². The molecule has 0 saturated heterocycles. The normalized spacial score (nSPS) is 10.2. The highest BCUT2D eigenvalue weighted by Crippen LogP contribution is 2.09. The van der Waals surface area contributed by atoms with Crippen molar-refractivity contribution < 1.29 is 9.18 Å². The Morgan fingerprint density at radius 2 is 2.35 bits per heavy atom. The summed E-state index contributed by atoms with van der Waals surface area (Å²) in [7, 11) is 0. The smallest absolute Gasteiger partial charge is 0.255 e. The van der Waals surface area contributed by atoms with E-state index in [0.717, 1.165) is 12.3 Å². The SMILES string of the molecule is Nc1ncc(F)cc1C(=O)NCc1ncc[nH]1. The number of hydrogen-bond acceptors (Lipinski definition) is 4. The van der Waals surface area contributed by atoms with Crippen molar-refractivity contribution >= 4 is 11.7 Å². The van der Waals surface area contributed by atoms with Crippen molar-refractivity contribution in [2.24, 2.45) is 0 Å². The average molecular weight is 235 g/mol. The van der Waals surface area contributed by atoms with Crippen LogP contribution in [0.3, 0.4) is 0 Å². The lowest BCUT2D eigenvalue weighted by Crippen LogP contribution is -2.24. The third kappa shape index (κ3) is 2.57. The first kappa shape index (κ1) is 11.1. The van der Waals surface area contributed by atoms with Crippen molar-refractivity contribution in [3.05, 3.63) is 41.9 Å². The van der Waals surface area contributed by atoms with Gasteiger partial charge in [-0.15, -0.1) is 0 Å². The maximum Gasteiger partial charge on any atom is 0.255 e. The van der Waals surface area contributed by atoms with Gasteiger partial charge in [0, 0.05) is 12.4 Å². The quantitative estimate of drug-likeness (QED) is 0.719. The first-order valence-corrected chi connectivity index (χ1v) is 4.84. The number of H-pyrrole nitrogens is 1. The largest absolute Gasteiger partial charge is 0.383 e. The van der Waals surface area contributed by atoms with Crippen LogP contribution >= 0.6 is 0 Å². The molecule has 2 aromatic heterocycles. The molecule has 0 saturated carbocycles. The van der Waals surface area contributed by atoms with Crippen LogP contribution in [0.4, 0.5) is 10.2 Å². The summed E-state index contributed by atoms with van der Waals surface area (Å²) in [6.07, 6.45) is 4.16. The van der Waals surface area contributed by atoms with E-state index in [0.29, 0.717) is 5.82 Å². The molecule has 7 heteroatoms. The second-order valence-corrected chi connectivity index (χ2v) is 3.30. The molecule has 0 bridgehead atoms. The van der Waals surface area contributed by atoms with Crippen molar-refractivity contribution in [2.75, 3.05) is 5.73 Å². The monoisotopic (exact) mass is 235 g/mol. The number of imidazole rings is 1. The molecule has 0 aliphatic heterocycles. The predicted molar refractivity (Wildman–Crippen MR) is 58.4 cm³/mol. The minimum atomic E-state index is -0.609. The third-order valence-corrected chi connectivity index (χ3v) is 2.10. The minimum absolute atomic E-state index is 0.0107. The molecule has 4 N–H and O–H groups in total. The minimum Gasteiger partial charge on any atom is -0.383 e. The number of aromatic amines is 1. The van der Waals surface area contributed by atoms with E-state index >= 15 is 0 Å². The summed E-state index contributed by atoms with van der Waals surface area (Å²) in [5.74, 6) is -0.516. The van der Waals surface area contributed by atoms with Gasteiger partial charge in [0.15, 0.2) is 0 Å². The van der Waals surface area contributed by atoms with E-state index in [1.165, 1.54) is 0 Å². The molecule has 0 radical (unpaired) electrons. The van der Waals surface area contributed by atoms with E-state index in [2.05, 4.69) is 20.3 Å². The van der Waals surface area contributed by atoms with Gasteiger partial charge in [-0.05, 0) is 6.07 Å². The van der Waals surface area contributed by atoms with Gasteiger partial charge in [0.2, 0.25) is 0 Å². The maximum absolute atomic E-state index is 12.9. The molecule has 88 valence electrons. The number of aromatic nitrogens is 3. The molecular weight excluding hydrogens is 225 g/mol. The Kier molecular flexibility index (Phi) is 2.99. The first-order chi connectivity index (χ1) is 8.16. The molecule has 1 amide bonds. The van der Waals surface area contributed by atoms with Crippen LogP contribution in [-0.4, -0.2) is 20.9 Å². The Labute approximate surface area is 96.1 Å². The standard InChI is InChI=1S/C10H10FN5O/c11-6-3-7(9(12)15-4-6)10(17)16-5-8-13-1-2-14-8/h1-4H,5H2,(H2,12,15)(H,13,14)(H,16,17). The van der Waals surface area contributed by atoms with Crippen LogP contribution in [0.2, 0.25) is 0 Å². The zero-order valence-electron chi connectivity index (χ0n) is 8.77. The molecule has 6 nitrogen and oxygen atoms in total. The van der Waals surface area contributed by atoms with Crippen LogP contribution in [0.1, 0.15) is 16.2 Å². The van der Waals surface area contributed by atoms with E-state index in [1.54, 1.807) is 12.4 Å². The molecule has 2 heterocycles. The summed E-state index contributed by atoms with van der Waals surface area (Å²) >= 11 is 0.